The SMILES string of the molecule is N#CCCC12C3[C@@H]4[C@@H]5C6C7C8[C@@H]9[C@@H]6[C@@H]4C1[C@H]9[C@H]1C2[C@H]2[C@@H](C7[C@@H]5[C@@H]32)[C@H]81. The van der Waals surface area contributed by atoms with Crippen LogP contribution in [0.1, 0.15) is 12.8 Å². The minimum absolute atomic E-state index is 0.730. The summed E-state index contributed by atoms with van der Waals surface area (Å²) in [5.41, 5.74) is 0.730. The van der Waals surface area contributed by atoms with Gasteiger partial charge in [-0.05, 0) is 124 Å². The highest BCUT2D eigenvalue weighted by atomic mass is 15.1. The zero-order valence-electron chi connectivity index (χ0n) is 13.8. The summed E-state index contributed by atoms with van der Waals surface area (Å²) in [4.78, 5) is 0. The summed E-state index contributed by atoms with van der Waals surface area (Å²) in [6.07, 6.45) is 2.24. The van der Waals surface area contributed by atoms with Crippen molar-refractivity contribution in [1.82, 2.24) is 0 Å². The number of nitriles is 1. The summed E-state index contributed by atoms with van der Waals surface area (Å²) in [6.45, 7) is 0. The highest BCUT2D eigenvalue weighted by Crippen LogP contribution is 3.04. The van der Waals surface area contributed by atoms with Crippen LogP contribution in [0.25, 0.3) is 0 Å². The van der Waals surface area contributed by atoms with Crippen molar-refractivity contribution in [2.24, 2.45) is 118 Å². The van der Waals surface area contributed by atoms with Crippen LogP contribution in [0.2, 0.25) is 0 Å². The van der Waals surface area contributed by atoms with Gasteiger partial charge in [0, 0.05) is 6.42 Å². The lowest BCUT2D eigenvalue weighted by atomic mass is 9.64. The molecule has 12 aliphatic carbocycles. The maximum Gasteiger partial charge on any atom is 0.0621 e. The lowest BCUT2D eigenvalue weighted by Gasteiger charge is -2.39. The smallest absolute Gasteiger partial charge is 0.0621 e. The van der Waals surface area contributed by atoms with Crippen LogP contribution in [0.15, 0.2) is 0 Å². The lowest BCUT2D eigenvalue weighted by Crippen LogP contribution is -2.35. The fraction of sp³-hybridized carbons (Fsp3) is 0.957. The second kappa shape index (κ2) is 2.42. The average Bonchev–Trinajstić information content (AvgIpc) is 3.22. The first-order chi connectivity index (χ1) is 11.9. The van der Waals surface area contributed by atoms with E-state index in [-0.39, 0.29) is 0 Å². The summed E-state index contributed by atoms with van der Waals surface area (Å²) in [7, 11) is 0. The maximum absolute atomic E-state index is 9.46. The summed E-state index contributed by atoms with van der Waals surface area (Å²) in [6, 6.07) is 2.61. The normalized spacial score (nSPS) is 94.7. The molecule has 0 radical (unpaired) electrons. The molecule has 0 bridgehead atoms. The largest absolute Gasteiger partial charge is 0.198 e. The zero-order chi connectivity index (χ0) is 14.6. The summed E-state index contributed by atoms with van der Waals surface area (Å²) >= 11 is 0. The van der Waals surface area contributed by atoms with Gasteiger partial charge in [0.2, 0.25) is 0 Å². The Morgan fingerprint density at radius 3 is 1.08 bits per heavy atom. The van der Waals surface area contributed by atoms with E-state index in [1.807, 2.05) is 0 Å². The summed E-state index contributed by atoms with van der Waals surface area (Å²) in [5, 5.41) is 9.46. The van der Waals surface area contributed by atoms with Crippen molar-refractivity contribution in [3.8, 4) is 6.07 Å². The van der Waals surface area contributed by atoms with Crippen molar-refractivity contribution in [3.05, 3.63) is 0 Å². The Morgan fingerprint density at radius 1 is 0.500 bits per heavy atom. The molecule has 0 aromatic heterocycles. The molecule has 0 aromatic rings. The lowest BCUT2D eigenvalue weighted by molar-refractivity contribution is 0.0743. The van der Waals surface area contributed by atoms with Crippen LogP contribution >= 0.6 is 0 Å². The third-order valence-electron chi connectivity index (χ3n) is 14.4. The van der Waals surface area contributed by atoms with Gasteiger partial charge in [-0.25, -0.2) is 0 Å². The molecule has 0 aliphatic heterocycles. The predicted molar refractivity (Wildman–Crippen MR) is 83.6 cm³/mol. The Hall–Kier alpha value is -0.510. The number of hydrogen-bond acceptors (Lipinski definition) is 1. The molecule has 0 heterocycles. The van der Waals surface area contributed by atoms with Gasteiger partial charge in [-0.1, -0.05) is 0 Å². The van der Waals surface area contributed by atoms with Gasteiger partial charge >= 0.3 is 0 Å². The van der Waals surface area contributed by atoms with Crippen molar-refractivity contribution in [1.29, 1.82) is 5.26 Å². The van der Waals surface area contributed by atoms with E-state index in [0.29, 0.717) is 0 Å². The first-order valence-corrected chi connectivity index (χ1v) is 11.3. The highest BCUT2D eigenvalue weighted by molar-refractivity contribution is 5.47. The van der Waals surface area contributed by atoms with E-state index in [4.69, 9.17) is 0 Å². The molecule has 120 valence electrons. The summed E-state index contributed by atoms with van der Waals surface area (Å²) in [5.74, 6) is 23.0. The molecule has 20 atom stereocenters. The number of hydrogen-bond donors (Lipinski definition) is 0. The van der Waals surface area contributed by atoms with Gasteiger partial charge in [-0.15, -0.1) is 0 Å². The Bertz CT molecular complexity index is 722. The number of nitrogens with zero attached hydrogens (tertiary/aromatic N) is 1. The molecular weight excluding hydrogens is 290 g/mol. The maximum atomic E-state index is 9.46. The van der Waals surface area contributed by atoms with Gasteiger partial charge in [-0.2, -0.15) is 5.26 Å². The topological polar surface area (TPSA) is 23.8 Å². The van der Waals surface area contributed by atoms with E-state index >= 15 is 0 Å². The van der Waals surface area contributed by atoms with E-state index in [0.717, 1.165) is 29.6 Å². The summed E-state index contributed by atoms with van der Waals surface area (Å²) < 4.78 is 0. The van der Waals surface area contributed by atoms with Crippen LogP contribution in [0.4, 0.5) is 0 Å². The van der Waals surface area contributed by atoms with Gasteiger partial charge in [-0.3, -0.25) is 0 Å². The van der Waals surface area contributed by atoms with Crippen LogP contribution < -0.4 is 0 Å². The molecule has 1 nitrogen and oxygen atoms in total. The fourth-order valence-corrected chi connectivity index (χ4v) is 16.5. The second-order valence-electron chi connectivity index (χ2n) is 12.6. The second-order valence-corrected chi connectivity index (χ2v) is 12.6. The molecule has 1 heteroatoms. The molecule has 0 spiro atoms. The van der Waals surface area contributed by atoms with Crippen LogP contribution in [-0.2, 0) is 0 Å². The molecule has 12 fully saturated rings. The van der Waals surface area contributed by atoms with E-state index in [1.54, 1.807) is 0 Å². The van der Waals surface area contributed by atoms with Crippen molar-refractivity contribution in [3.63, 3.8) is 0 Å². The Balaban J connectivity index is 1.36. The Morgan fingerprint density at radius 2 is 0.792 bits per heavy atom. The number of rotatable bonds is 2. The van der Waals surface area contributed by atoms with E-state index in [2.05, 4.69) is 6.07 Å². The van der Waals surface area contributed by atoms with Crippen molar-refractivity contribution in [2.45, 2.75) is 12.8 Å². The molecule has 12 saturated carbocycles. The highest BCUT2D eigenvalue weighted by Gasteiger charge is 3.01. The Labute approximate surface area is 142 Å². The molecule has 24 heavy (non-hydrogen) atoms. The zero-order valence-corrected chi connectivity index (χ0v) is 13.8. The third-order valence-corrected chi connectivity index (χ3v) is 14.4. The fourth-order valence-electron chi connectivity index (χ4n) is 16.5. The predicted octanol–water partition coefficient (Wildman–Crippen LogP) is 3.13. The molecule has 0 saturated heterocycles. The minimum atomic E-state index is 0.730. The van der Waals surface area contributed by atoms with Crippen LogP contribution in [0.5, 0.6) is 0 Å². The molecule has 12 aliphatic rings. The van der Waals surface area contributed by atoms with Gasteiger partial charge in [0.05, 0.1) is 6.07 Å². The van der Waals surface area contributed by atoms with Crippen molar-refractivity contribution < 1.29 is 0 Å². The van der Waals surface area contributed by atoms with Crippen molar-refractivity contribution in [2.75, 3.05) is 0 Å². The third kappa shape index (κ3) is 0.530. The van der Waals surface area contributed by atoms with Gasteiger partial charge in [0.15, 0.2) is 0 Å². The van der Waals surface area contributed by atoms with Crippen LogP contribution in [0.3, 0.4) is 0 Å². The van der Waals surface area contributed by atoms with Crippen LogP contribution in [0, 0.1) is 129 Å². The molecule has 0 amide bonds. The molecule has 12 rings (SSSR count). The molecular formula is C23H23N. The van der Waals surface area contributed by atoms with Gasteiger partial charge in [0.25, 0.3) is 0 Å². The van der Waals surface area contributed by atoms with E-state index < -0.39 is 0 Å². The molecule has 0 aromatic carbocycles. The molecule has 8 unspecified atom stereocenters. The van der Waals surface area contributed by atoms with Crippen LogP contribution in [-0.4, -0.2) is 0 Å². The van der Waals surface area contributed by atoms with Gasteiger partial charge < -0.3 is 0 Å². The standard InChI is InChI=1S/C23H23N/c24-3-1-2-23-20-14-8-5-4-6-10(8)16(20)18-12(6)13-7(4)11-9(5)15(14)21(23)17(11)19(13)22(18)23/h4-22H,1-2H2/t4?,5?,6?,7?,8-,9-,10-,11+,12+,13+,14-,15+,16-,17+,18+,19-,20?,21?,22?,23?/m0/s1. The first-order valence-electron chi connectivity index (χ1n) is 11.3. The quantitative estimate of drug-likeness (QED) is 0.768. The minimum Gasteiger partial charge on any atom is -0.198 e. The van der Waals surface area contributed by atoms with Crippen molar-refractivity contribution >= 4 is 0 Å². The first kappa shape index (κ1) is 10.6. The van der Waals surface area contributed by atoms with Gasteiger partial charge in [0.1, 0.15) is 0 Å². The van der Waals surface area contributed by atoms with E-state index in [1.165, 1.54) is 101 Å². The Kier molecular flexibility index (Phi) is 1.07. The monoisotopic (exact) mass is 313 g/mol. The molecule has 0 N–H and O–H groups in total. The average molecular weight is 313 g/mol. The van der Waals surface area contributed by atoms with E-state index in [9.17, 15) is 5.26 Å².